The van der Waals surface area contributed by atoms with Crippen molar-refractivity contribution in [2.24, 2.45) is 5.73 Å². The van der Waals surface area contributed by atoms with Gasteiger partial charge in [0.15, 0.2) is 0 Å². The number of carbonyl (C=O) groups is 1. The van der Waals surface area contributed by atoms with Crippen LogP contribution in [0.25, 0.3) is 0 Å². The molecule has 3 unspecified atom stereocenters. The van der Waals surface area contributed by atoms with Gasteiger partial charge >= 0.3 is 5.97 Å². The molecule has 4 heteroatoms. The number of thioether (sulfide) groups is 1. The molecule has 0 aromatic heterocycles. The highest BCUT2D eigenvalue weighted by Crippen LogP contribution is 2.41. The van der Waals surface area contributed by atoms with Crippen LogP contribution in [-0.2, 0) is 9.53 Å². The van der Waals surface area contributed by atoms with Crippen molar-refractivity contribution in [2.45, 2.75) is 30.6 Å². The van der Waals surface area contributed by atoms with Crippen LogP contribution in [0.3, 0.4) is 0 Å². The third kappa shape index (κ3) is 2.70. The molecule has 3 atom stereocenters. The fourth-order valence-corrected chi connectivity index (χ4v) is 3.74. The fraction of sp³-hybridized carbons (Fsp3) is 0.500. The molecule has 0 saturated carbocycles. The van der Waals surface area contributed by atoms with Crippen LogP contribution in [-0.4, -0.2) is 24.1 Å². The lowest BCUT2D eigenvalue weighted by Crippen LogP contribution is -2.31. The number of ether oxygens (including phenoxy) is 1. The summed E-state index contributed by atoms with van der Waals surface area (Å²) < 4.78 is 4.67. The molecule has 18 heavy (non-hydrogen) atoms. The van der Waals surface area contributed by atoms with Gasteiger partial charge in [0.25, 0.3) is 0 Å². The van der Waals surface area contributed by atoms with Gasteiger partial charge < -0.3 is 10.5 Å². The normalized spacial score (nSPS) is 26.5. The Morgan fingerprint density at radius 1 is 1.44 bits per heavy atom. The van der Waals surface area contributed by atoms with E-state index in [9.17, 15) is 4.79 Å². The van der Waals surface area contributed by atoms with Gasteiger partial charge in [-0.1, -0.05) is 31.2 Å². The van der Waals surface area contributed by atoms with Gasteiger partial charge in [0.05, 0.1) is 12.9 Å². The average molecular weight is 265 g/mol. The first-order valence-corrected chi connectivity index (χ1v) is 7.21. The predicted molar refractivity (Wildman–Crippen MR) is 74.7 cm³/mol. The standard InChI is InChI=1S/C14H19NO2S/c1-9-7-12(18-8-13(16)17-2)14(15)11-6-4-3-5-10(9)11/h3-6,9,12,14H,7-8,15H2,1-2H3. The molecule has 1 aliphatic rings. The second-order valence-electron chi connectivity index (χ2n) is 4.72. The molecule has 3 nitrogen and oxygen atoms in total. The van der Waals surface area contributed by atoms with E-state index >= 15 is 0 Å². The van der Waals surface area contributed by atoms with Gasteiger partial charge in [0.1, 0.15) is 0 Å². The Hall–Kier alpha value is -1.00. The molecule has 0 amide bonds. The van der Waals surface area contributed by atoms with Gasteiger partial charge in [-0.2, -0.15) is 0 Å². The topological polar surface area (TPSA) is 52.3 Å². The zero-order valence-electron chi connectivity index (χ0n) is 10.8. The zero-order valence-corrected chi connectivity index (χ0v) is 11.6. The zero-order chi connectivity index (χ0) is 13.1. The lowest BCUT2D eigenvalue weighted by Gasteiger charge is -2.34. The van der Waals surface area contributed by atoms with Crippen LogP contribution in [0.4, 0.5) is 0 Å². The minimum Gasteiger partial charge on any atom is -0.468 e. The summed E-state index contributed by atoms with van der Waals surface area (Å²) in [5.74, 6) is 0.693. The molecule has 2 N–H and O–H groups in total. The average Bonchev–Trinajstić information content (AvgIpc) is 2.41. The summed E-state index contributed by atoms with van der Waals surface area (Å²) in [6, 6.07) is 8.34. The van der Waals surface area contributed by atoms with E-state index in [4.69, 9.17) is 5.73 Å². The third-order valence-electron chi connectivity index (χ3n) is 3.52. The summed E-state index contributed by atoms with van der Waals surface area (Å²) in [7, 11) is 1.42. The number of hydrogen-bond donors (Lipinski definition) is 1. The van der Waals surface area contributed by atoms with E-state index in [0.717, 1.165) is 6.42 Å². The third-order valence-corrected chi connectivity index (χ3v) is 4.83. The largest absolute Gasteiger partial charge is 0.468 e. The summed E-state index contributed by atoms with van der Waals surface area (Å²) >= 11 is 1.61. The van der Waals surface area contributed by atoms with Crippen molar-refractivity contribution in [1.82, 2.24) is 0 Å². The first-order valence-electron chi connectivity index (χ1n) is 6.16. The van der Waals surface area contributed by atoms with E-state index in [1.54, 1.807) is 11.8 Å². The van der Waals surface area contributed by atoms with Crippen molar-refractivity contribution >= 4 is 17.7 Å². The highest BCUT2D eigenvalue weighted by molar-refractivity contribution is 8.00. The molecule has 0 spiro atoms. The van der Waals surface area contributed by atoms with Crippen molar-refractivity contribution in [1.29, 1.82) is 0 Å². The molecule has 0 heterocycles. The monoisotopic (exact) mass is 265 g/mol. The van der Waals surface area contributed by atoms with Crippen LogP contribution >= 0.6 is 11.8 Å². The van der Waals surface area contributed by atoms with Gasteiger partial charge in [-0.15, -0.1) is 11.8 Å². The van der Waals surface area contributed by atoms with Gasteiger partial charge in [-0.05, 0) is 23.5 Å². The maximum Gasteiger partial charge on any atom is 0.315 e. The van der Waals surface area contributed by atoms with Crippen molar-refractivity contribution in [3.8, 4) is 0 Å². The second kappa shape index (κ2) is 5.76. The number of fused-ring (bicyclic) bond motifs is 1. The van der Waals surface area contributed by atoms with Crippen molar-refractivity contribution in [3.05, 3.63) is 35.4 Å². The molecular weight excluding hydrogens is 246 g/mol. The highest BCUT2D eigenvalue weighted by Gasteiger charge is 2.31. The lowest BCUT2D eigenvalue weighted by atomic mass is 9.81. The molecule has 0 fully saturated rings. The maximum atomic E-state index is 11.2. The molecule has 0 saturated heterocycles. The Kier molecular flexibility index (Phi) is 4.30. The van der Waals surface area contributed by atoms with Crippen LogP contribution in [0.5, 0.6) is 0 Å². The van der Waals surface area contributed by atoms with E-state index in [1.807, 2.05) is 6.07 Å². The molecule has 0 bridgehead atoms. The Morgan fingerprint density at radius 3 is 2.78 bits per heavy atom. The maximum absolute atomic E-state index is 11.2. The van der Waals surface area contributed by atoms with Gasteiger partial charge in [0, 0.05) is 11.3 Å². The minimum atomic E-state index is -0.182. The molecule has 0 radical (unpaired) electrons. The van der Waals surface area contributed by atoms with Crippen LogP contribution in [0.2, 0.25) is 0 Å². The summed E-state index contributed by atoms with van der Waals surface area (Å²) in [4.78, 5) is 11.2. The smallest absolute Gasteiger partial charge is 0.315 e. The number of nitrogens with two attached hydrogens (primary N) is 1. The minimum absolute atomic E-state index is 0.00653. The summed E-state index contributed by atoms with van der Waals surface area (Å²) in [6.45, 7) is 2.22. The van der Waals surface area contributed by atoms with E-state index in [0.29, 0.717) is 11.7 Å². The van der Waals surface area contributed by atoms with Crippen molar-refractivity contribution in [3.63, 3.8) is 0 Å². The van der Waals surface area contributed by atoms with E-state index in [-0.39, 0.29) is 17.3 Å². The number of esters is 1. The fourth-order valence-electron chi connectivity index (χ4n) is 2.49. The Labute approximate surface area is 112 Å². The summed E-state index contributed by atoms with van der Waals surface area (Å²) in [6.07, 6.45) is 1.01. The number of methoxy groups -OCH3 is 1. The van der Waals surface area contributed by atoms with E-state index in [2.05, 4.69) is 29.9 Å². The second-order valence-corrected chi connectivity index (χ2v) is 5.94. The van der Waals surface area contributed by atoms with Gasteiger partial charge in [-0.25, -0.2) is 0 Å². The first kappa shape index (κ1) is 13.4. The molecule has 98 valence electrons. The molecule has 1 aliphatic carbocycles. The number of benzene rings is 1. The van der Waals surface area contributed by atoms with Crippen molar-refractivity contribution < 1.29 is 9.53 Å². The number of hydrogen-bond acceptors (Lipinski definition) is 4. The first-order chi connectivity index (χ1) is 8.63. The van der Waals surface area contributed by atoms with Crippen LogP contribution in [0.1, 0.15) is 36.4 Å². The molecule has 2 rings (SSSR count). The Morgan fingerprint density at radius 2 is 2.11 bits per heavy atom. The number of carbonyl (C=O) groups excluding carboxylic acids is 1. The molecule has 1 aromatic rings. The summed E-state index contributed by atoms with van der Waals surface area (Å²) in [5.41, 5.74) is 8.88. The molecule has 0 aliphatic heterocycles. The highest BCUT2D eigenvalue weighted by atomic mass is 32.2. The SMILES string of the molecule is COC(=O)CSC1CC(C)c2ccccc2C1N. The molecular formula is C14H19NO2S. The Bertz CT molecular complexity index is 436. The number of rotatable bonds is 3. The van der Waals surface area contributed by atoms with Crippen LogP contribution in [0.15, 0.2) is 24.3 Å². The quantitative estimate of drug-likeness (QED) is 0.853. The van der Waals surface area contributed by atoms with E-state index < -0.39 is 0 Å². The summed E-state index contributed by atoms with van der Waals surface area (Å²) in [5, 5.41) is 0.286. The Balaban J connectivity index is 2.10. The lowest BCUT2D eigenvalue weighted by molar-refractivity contribution is -0.137. The predicted octanol–water partition coefficient (Wildman–Crippen LogP) is 2.47. The van der Waals surface area contributed by atoms with Crippen LogP contribution in [0, 0.1) is 0 Å². The molecule has 1 aromatic carbocycles. The van der Waals surface area contributed by atoms with Crippen LogP contribution < -0.4 is 5.73 Å². The van der Waals surface area contributed by atoms with Gasteiger partial charge in [0.2, 0.25) is 0 Å². The van der Waals surface area contributed by atoms with E-state index in [1.165, 1.54) is 18.2 Å². The van der Waals surface area contributed by atoms with Crippen molar-refractivity contribution in [2.75, 3.05) is 12.9 Å². The van der Waals surface area contributed by atoms with Gasteiger partial charge in [-0.3, -0.25) is 4.79 Å².